The number of benzene rings is 1. The number of amides is 4. The second-order valence-electron chi connectivity index (χ2n) is 14.2. The lowest BCUT2D eigenvalue weighted by atomic mass is 9.84. The summed E-state index contributed by atoms with van der Waals surface area (Å²) >= 11 is 0. The van der Waals surface area contributed by atoms with Crippen molar-refractivity contribution >= 4 is 29.6 Å². The normalized spacial score (nSPS) is 24.6. The minimum Gasteiger partial charge on any atom is -0.487 e. The van der Waals surface area contributed by atoms with Gasteiger partial charge in [-0.15, -0.1) is 5.10 Å². The Morgan fingerprint density at radius 3 is 2.42 bits per heavy atom. The number of carbonyl (C=O) groups excluding carboxylic acids is 4. The number of aromatic nitrogens is 3. The number of likely N-dealkylation sites (tertiary alicyclic amines) is 1. The van der Waals surface area contributed by atoms with E-state index in [1.54, 1.807) is 49.1 Å². The lowest BCUT2D eigenvalue weighted by Crippen LogP contribution is -2.59. The highest BCUT2D eigenvalue weighted by Crippen LogP contribution is 2.31. The fourth-order valence-electron chi connectivity index (χ4n) is 7.00. The predicted molar refractivity (Wildman–Crippen MR) is 182 cm³/mol. The number of nitrogens with one attached hydrogen (secondary N) is 4. The Morgan fingerprint density at radius 2 is 1.76 bits per heavy atom. The quantitative estimate of drug-likeness (QED) is 0.269. The summed E-state index contributed by atoms with van der Waals surface area (Å²) in [5.74, 6) is -2.66. The van der Waals surface area contributed by atoms with E-state index in [4.69, 9.17) is 4.74 Å². The van der Waals surface area contributed by atoms with Crippen molar-refractivity contribution in [3.63, 3.8) is 0 Å². The molecule has 4 heterocycles. The van der Waals surface area contributed by atoms with Gasteiger partial charge in [-0.05, 0) is 49.9 Å². The summed E-state index contributed by atoms with van der Waals surface area (Å²) in [6.07, 6.45) is 7.24. The maximum atomic E-state index is 14.3. The molecule has 50 heavy (non-hydrogen) atoms. The molecule has 4 aliphatic rings. The molecule has 2 aromatic rings. The van der Waals surface area contributed by atoms with E-state index < -0.39 is 59.9 Å². The van der Waals surface area contributed by atoms with Crippen LogP contribution in [0.1, 0.15) is 83.0 Å². The van der Waals surface area contributed by atoms with Crippen LogP contribution in [0.15, 0.2) is 30.5 Å². The third kappa shape index (κ3) is 8.97. The van der Waals surface area contributed by atoms with Gasteiger partial charge in [-0.25, -0.2) is 9.48 Å². The Morgan fingerprint density at radius 1 is 1.04 bits per heavy atom. The number of carbonyl (C=O) groups is 5. The molecule has 1 aromatic heterocycles. The van der Waals surface area contributed by atoms with Gasteiger partial charge in [0.25, 0.3) is 0 Å². The number of rotatable bonds is 8. The highest BCUT2D eigenvalue weighted by Gasteiger charge is 2.45. The van der Waals surface area contributed by atoms with Crippen molar-refractivity contribution in [1.29, 1.82) is 0 Å². The summed E-state index contributed by atoms with van der Waals surface area (Å²) in [6.45, 7) is 5.56. The molecule has 0 radical (unpaired) electrons. The summed E-state index contributed by atoms with van der Waals surface area (Å²) in [5.41, 5.74) is 1.23. The first-order valence-corrected chi connectivity index (χ1v) is 17.7. The molecule has 272 valence electrons. The number of hydrogen-bond acceptors (Lipinski definition) is 9. The topological polar surface area (TPSA) is 197 Å². The molecule has 2 fully saturated rings. The molecule has 5 N–H and O–H groups in total. The van der Waals surface area contributed by atoms with Gasteiger partial charge in [0.05, 0.1) is 18.3 Å². The summed E-state index contributed by atoms with van der Waals surface area (Å²) in [7, 11) is 1.65. The molecule has 6 rings (SSSR count). The van der Waals surface area contributed by atoms with Gasteiger partial charge in [0.2, 0.25) is 23.6 Å². The fourth-order valence-corrected chi connectivity index (χ4v) is 7.00. The van der Waals surface area contributed by atoms with Crippen molar-refractivity contribution in [2.75, 3.05) is 13.6 Å². The van der Waals surface area contributed by atoms with E-state index in [0.29, 0.717) is 23.4 Å². The number of ether oxygens (including phenoxy) is 1. The number of carboxylic acid groups (broad SMARTS) is 1. The van der Waals surface area contributed by atoms with Gasteiger partial charge < -0.3 is 36.0 Å². The van der Waals surface area contributed by atoms with Gasteiger partial charge in [0.15, 0.2) is 0 Å². The summed E-state index contributed by atoms with van der Waals surface area (Å²) in [4.78, 5) is 69.1. The zero-order valence-corrected chi connectivity index (χ0v) is 29.3. The van der Waals surface area contributed by atoms with Crippen molar-refractivity contribution < 1.29 is 33.8 Å². The van der Waals surface area contributed by atoms with Gasteiger partial charge in [0.1, 0.15) is 42.2 Å². The van der Waals surface area contributed by atoms with Crippen LogP contribution in [0.4, 0.5) is 0 Å². The van der Waals surface area contributed by atoms with Gasteiger partial charge in [0, 0.05) is 19.4 Å². The van der Waals surface area contributed by atoms with Crippen LogP contribution < -0.4 is 26.0 Å². The van der Waals surface area contributed by atoms with E-state index in [1.165, 1.54) is 4.90 Å². The van der Waals surface area contributed by atoms with Crippen molar-refractivity contribution in [2.24, 2.45) is 11.8 Å². The van der Waals surface area contributed by atoms with Crippen LogP contribution in [0.2, 0.25) is 0 Å². The Bertz CT molecular complexity index is 1520. The summed E-state index contributed by atoms with van der Waals surface area (Å²) < 4.78 is 7.53. The van der Waals surface area contributed by atoms with E-state index in [-0.39, 0.29) is 43.7 Å². The van der Waals surface area contributed by atoms with Gasteiger partial charge in [-0.1, -0.05) is 63.3 Å². The number of fused-ring (bicyclic) bond motifs is 9. The SMILES string of the molecule is CN[C@@H](C)C(=O)N[C@H](C(=O)N1C[C@@H]2C[C@H]1C(=O)N[C@@H](CC1CCCCC1)C(=O)N[C@H](C(=O)O)Cc1ccc(cc1)OCc1cn2nn1)C(C)C. The molecular formula is C35H50N8O7. The minimum atomic E-state index is -1.24. The second-order valence-corrected chi connectivity index (χ2v) is 14.2. The van der Waals surface area contributed by atoms with Crippen LogP contribution in [-0.4, -0.2) is 98.4 Å². The zero-order chi connectivity index (χ0) is 35.9. The molecule has 0 spiro atoms. The Labute approximate surface area is 292 Å². The number of aliphatic carboxylic acids is 1. The third-order valence-electron chi connectivity index (χ3n) is 10.1. The van der Waals surface area contributed by atoms with E-state index >= 15 is 0 Å². The maximum absolute atomic E-state index is 14.3. The van der Waals surface area contributed by atoms with Crippen LogP contribution in [0, 0.1) is 11.8 Å². The van der Waals surface area contributed by atoms with Crippen molar-refractivity contribution in [2.45, 2.75) is 115 Å². The first kappa shape index (κ1) is 36.7. The Hall–Kier alpha value is -4.53. The van der Waals surface area contributed by atoms with Gasteiger partial charge >= 0.3 is 5.97 Å². The van der Waals surface area contributed by atoms with E-state index in [9.17, 15) is 29.1 Å². The number of carboxylic acids is 1. The number of nitrogens with zero attached hydrogens (tertiary/aromatic N) is 4. The van der Waals surface area contributed by atoms with E-state index in [1.807, 2.05) is 13.8 Å². The van der Waals surface area contributed by atoms with Crippen molar-refractivity contribution in [3.05, 3.63) is 41.7 Å². The third-order valence-corrected chi connectivity index (χ3v) is 10.1. The van der Waals surface area contributed by atoms with Crippen molar-refractivity contribution in [3.8, 4) is 5.75 Å². The van der Waals surface area contributed by atoms with Crippen LogP contribution in [0.25, 0.3) is 0 Å². The van der Waals surface area contributed by atoms with Gasteiger partial charge in [-0.2, -0.15) is 0 Å². The monoisotopic (exact) mass is 694 g/mol. The van der Waals surface area contributed by atoms with E-state index in [2.05, 4.69) is 31.6 Å². The average Bonchev–Trinajstić information content (AvgIpc) is 3.77. The molecule has 1 saturated heterocycles. The first-order chi connectivity index (χ1) is 23.9. The molecule has 6 bridgehead atoms. The van der Waals surface area contributed by atoms with Crippen LogP contribution in [0.3, 0.4) is 0 Å². The summed E-state index contributed by atoms with van der Waals surface area (Å²) in [5, 5.41) is 30.0. The lowest BCUT2D eigenvalue weighted by molar-refractivity contribution is -0.144. The number of likely N-dealkylation sites (N-methyl/N-ethyl adjacent to an activating group) is 1. The highest BCUT2D eigenvalue weighted by molar-refractivity contribution is 5.96. The summed E-state index contributed by atoms with van der Waals surface area (Å²) in [6, 6.07) is 1.82. The second kappa shape index (κ2) is 16.5. The lowest BCUT2D eigenvalue weighted by Gasteiger charge is -2.32. The van der Waals surface area contributed by atoms with E-state index in [0.717, 1.165) is 32.1 Å². The smallest absolute Gasteiger partial charge is 0.326 e. The van der Waals surface area contributed by atoms with Gasteiger partial charge in [-0.3, -0.25) is 19.2 Å². The molecule has 0 unspecified atom stereocenters. The zero-order valence-electron chi connectivity index (χ0n) is 29.3. The van der Waals surface area contributed by atoms with Crippen LogP contribution in [-0.2, 0) is 37.0 Å². The molecule has 4 amide bonds. The number of hydrogen-bond donors (Lipinski definition) is 5. The van der Waals surface area contributed by atoms with Crippen molar-refractivity contribution in [1.82, 2.24) is 41.2 Å². The molecule has 1 saturated carbocycles. The Kier molecular flexibility index (Phi) is 12.1. The standard InChI is InChI=1S/C35H50N8O7/c1-20(2)30(39-31(44)21(3)36-4)34(47)42-18-25-16-29(42)33(46)37-27(14-22-8-6-5-7-9-22)32(45)38-28(35(48)49)15-23-10-12-26(13-11-23)50-19-24-17-43(25)41-40-24/h10-13,17,20-22,25,27-30,36H,5-9,14-16,18-19H2,1-4H3,(H,37,46)(H,38,45)(H,39,44)(H,48,49)/t21-,25-,27-,28-,29-,30-/m0/s1. The Balaban J connectivity index is 1.49. The molecule has 1 aromatic carbocycles. The average molecular weight is 695 g/mol. The van der Waals surface area contributed by atoms with Crippen LogP contribution in [0.5, 0.6) is 5.75 Å². The molecular weight excluding hydrogens is 644 g/mol. The highest BCUT2D eigenvalue weighted by atomic mass is 16.5. The molecule has 1 aliphatic carbocycles. The molecule has 15 heteroatoms. The maximum Gasteiger partial charge on any atom is 0.326 e. The fraction of sp³-hybridized carbons (Fsp3) is 0.629. The molecule has 3 aliphatic heterocycles. The minimum absolute atomic E-state index is 0.0286. The molecule has 15 nitrogen and oxygen atoms in total. The molecule has 6 atom stereocenters. The predicted octanol–water partition coefficient (Wildman–Crippen LogP) is 1.33. The first-order valence-electron chi connectivity index (χ1n) is 17.7. The largest absolute Gasteiger partial charge is 0.487 e. The van der Waals surface area contributed by atoms with Crippen LogP contribution >= 0.6 is 0 Å².